The van der Waals surface area contributed by atoms with Crippen molar-refractivity contribution in [3.8, 4) is 5.75 Å². The molecule has 4 aliphatic heterocycles. The second kappa shape index (κ2) is 11.1. The Bertz CT molecular complexity index is 1460. The zero-order chi connectivity index (χ0) is 29.8. The van der Waals surface area contributed by atoms with Gasteiger partial charge in [-0.1, -0.05) is 48.0 Å². The van der Waals surface area contributed by atoms with Gasteiger partial charge < -0.3 is 24.5 Å². The van der Waals surface area contributed by atoms with Gasteiger partial charge >= 0.3 is 0 Å². The molecule has 1 spiro atoms. The lowest BCUT2D eigenvalue weighted by molar-refractivity contribution is -0.141. The normalized spacial score (nSPS) is 29.3. The molecule has 2 aromatic rings. The summed E-state index contributed by atoms with van der Waals surface area (Å²) in [7, 11) is 0. The van der Waals surface area contributed by atoms with E-state index in [9.17, 15) is 19.5 Å². The zero-order valence-corrected chi connectivity index (χ0v) is 25.3. The van der Waals surface area contributed by atoms with Gasteiger partial charge in [0.05, 0.1) is 46.5 Å². The molecule has 4 heterocycles. The van der Waals surface area contributed by atoms with E-state index in [1.165, 1.54) is 16.7 Å². The van der Waals surface area contributed by atoms with Crippen molar-refractivity contribution in [3.63, 3.8) is 0 Å². The summed E-state index contributed by atoms with van der Waals surface area (Å²) in [5, 5.41) is 10.4. The number of carbonyl (C=O) groups excluding carboxylic acids is 3. The van der Waals surface area contributed by atoms with Crippen LogP contribution in [0.25, 0.3) is 0 Å². The lowest BCUT2D eigenvalue weighted by Gasteiger charge is -2.37. The summed E-state index contributed by atoms with van der Waals surface area (Å²) in [6, 6.07) is 11.3. The average Bonchev–Trinajstić information content (AvgIpc) is 3.30. The van der Waals surface area contributed by atoms with E-state index in [1.807, 2.05) is 74.5 Å². The van der Waals surface area contributed by atoms with Crippen LogP contribution < -0.4 is 14.5 Å². The van der Waals surface area contributed by atoms with Gasteiger partial charge in [0, 0.05) is 24.0 Å². The first-order valence-electron chi connectivity index (χ1n) is 14.3. The Balaban J connectivity index is 1.43. The van der Waals surface area contributed by atoms with Gasteiger partial charge in [0.1, 0.15) is 11.8 Å². The SMILES string of the molecule is CCOc1ccc(N2CC=C[C@@H]3S[C@]45C=CCN(c6c(C)cccc6Cl)C(=O)C4N([C@H](C)CO)C(=O)[C@@H]5[C@@H]3C2=O)cc1. The molecule has 2 aromatic carbocycles. The first kappa shape index (κ1) is 28.8. The third-order valence-corrected chi connectivity index (χ3v) is 10.8. The van der Waals surface area contributed by atoms with E-state index >= 15 is 0 Å². The predicted molar refractivity (Wildman–Crippen MR) is 165 cm³/mol. The number of hydrogen-bond donors (Lipinski definition) is 1. The maximum absolute atomic E-state index is 14.6. The second-order valence-electron chi connectivity index (χ2n) is 11.2. The quantitative estimate of drug-likeness (QED) is 0.495. The Morgan fingerprint density at radius 2 is 1.79 bits per heavy atom. The molecule has 0 aromatic heterocycles. The van der Waals surface area contributed by atoms with Gasteiger partial charge in [0.25, 0.3) is 5.91 Å². The van der Waals surface area contributed by atoms with E-state index in [1.54, 1.807) is 22.8 Å². The summed E-state index contributed by atoms with van der Waals surface area (Å²) >= 11 is 8.13. The van der Waals surface area contributed by atoms with E-state index in [-0.39, 0.29) is 36.1 Å². The summed E-state index contributed by atoms with van der Waals surface area (Å²) in [6.45, 7) is 6.45. The van der Waals surface area contributed by atoms with Crippen molar-refractivity contribution in [2.75, 3.05) is 36.1 Å². The first-order chi connectivity index (χ1) is 20.2. The molecule has 0 saturated carbocycles. The number of aryl methyl sites for hydroxylation is 1. The third kappa shape index (κ3) is 4.36. The number of aliphatic hydroxyl groups is 1. The fraction of sp³-hybridized carbons (Fsp3) is 0.406. The monoisotopic (exact) mass is 607 g/mol. The number of ether oxygens (including phenoxy) is 1. The fourth-order valence-electron chi connectivity index (χ4n) is 6.93. The number of para-hydroxylation sites is 1. The summed E-state index contributed by atoms with van der Waals surface area (Å²) in [4.78, 5) is 48.2. The smallest absolute Gasteiger partial charge is 0.251 e. The molecule has 0 bridgehead atoms. The Morgan fingerprint density at radius 3 is 2.48 bits per heavy atom. The largest absolute Gasteiger partial charge is 0.494 e. The number of benzene rings is 2. The highest BCUT2D eigenvalue weighted by Gasteiger charge is 2.71. The molecule has 2 fully saturated rings. The van der Waals surface area contributed by atoms with E-state index in [0.29, 0.717) is 23.9 Å². The van der Waals surface area contributed by atoms with Crippen molar-refractivity contribution in [1.29, 1.82) is 0 Å². The van der Waals surface area contributed by atoms with Gasteiger partial charge in [-0.2, -0.15) is 0 Å². The Labute approximate surface area is 254 Å². The van der Waals surface area contributed by atoms with Crippen LogP contribution in [0.15, 0.2) is 66.8 Å². The Kier molecular flexibility index (Phi) is 7.62. The lowest BCUT2D eigenvalue weighted by atomic mass is 9.78. The van der Waals surface area contributed by atoms with Crippen LogP contribution in [0, 0.1) is 18.8 Å². The molecule has 3 amide bonds. The van der Waals surface area contributed by atoms with Gasteiger partial charge in [-0.15, -0.1) is 11.8 Å². The third-order valence-electron chi connectivity index (χ3n) is 8.75. The number of thioether (sulfide) groups is 1. The van der Waals surface area contributed by atoms with Crippen molar-refractivity contribution in [2.24, 2.45) is 11.8 Å². The number of anilines is 2. The van der Waals surface area contributed by atoms with Crippen molar-refractivity contribution < 1.29 is 24.2 Å². The number of aliphatic hydroxyl groups excluding tert-OH is 1. The Hall–Kier alpha value is -3.27. The number of carbonyl (C=O) groups is 3. The van der Waals surface area contributed by atoms with Crippen LogP contribution in [0.2, 0.25) is 5.02 Å². The lowest BCUT2D eigenvalue weighted by Crippen LogP contribution is -2.56. The molecule has 0 aliphatic carbocycles. The maximum Gasteiger partial charge on any atom is 0.251 e. The van der Waals surface area contributed by atoms with E-state index < -0.39 is 28.7 Å². The second-order valence-corrected chi connectivity index (χ2v) is 13.1. The molecule has 1 unspecified atom stereocenters. The van der Waals surface area contributed by atoms with Gasteiger partial charge in [0.15, 0.2) is 0 Å². The molecule has 42 heavy (non-hydrogen) atoms. The molecular formula is C32H34ClN3O5S. The van der Waals surface area contributed by atoms with Crippen LogP contribution in [0.1, 0.15) is 19.4 Å². The zero-order valence-electron chi connectivity index (χ0n) is 23.8. The Morgan fingerprint density at radius 1 is 1.05 bits per heavy atom. The molecule has 6 rings (SSSR count). The van der Waals surface area contributed by atoms with Crippen LogP contribution in [0.3, 0.4) is 0 Å². The minimum absolute atomic E-state index is 0.155. The van der Waals surface area contributed by atoms with Crippen LogP contribution in [0.4, 0.5) is 11.4 Å². The van der Waals surface area contributed by atoms with Gasteiger partial charge in [0.2, 0.25) is 11.8 Å². The van der Waals surface area contributed by atoms with Gasteiger partial charge in [-0.3, -0.25) is 14.4 Å². The van der Waals surface area contributed by atoms with Crippen molar-refractivity contribution >= 4 is 52.5 Å². The molecule has 0 radical (unpaired) electrons. The summed E-state index contributed by atoms with van der Waals surface area (Å²) in [5.41, 5.74) is 2.17. The molecule has 1 N–H and O–H groups in total. The highest BCUT2D eigenvalue weighted by molar-refractivity contribution is 8.02. The number of amides is 3. The van der Waals surface area contributed by atoms with E-state index in [4.69, 9.17) is 16.3 Å². The number of halogens is 1. The fourth-order valence-corrected chi connectivity index (χ4v) is 9.24. The van der Waals surface area contributed by atoms with Crippen LogP contribution in [-0.4, -0.2) is 76.1 Å². The minimum atomic E-state index is -0.987. The number of nitrogens with zero attached hydrogens (tertiary/aromatic N) is 3. The van der Waals surface area contributed by atoms with Crippen molar-refractivity contribution in [2.45, 2.75) is 42.9 Å². The summed E-state index contributed by atoms with van der Waals surface area (Å²) in [5.74, 6) is -1.45. The van der Waals surface area contributed by atoms with Gasteiger partial charge in [-0.25, -0.2) is 0 Å². The summed E-state index contributed by atoms with van der Waals surface area (Å²) in [6.07, 6.45) is 7.87. The van der Waals surface area contributed by atoms with E-state index in [2.05, 4.69) is 0 Å². The number of fused-ring (bicyclic) bond motifs is 2. The molecule has 6 atom stereocenters. The maximum atomic E-state index is 14.6. The van der Waals surface area contributed by atoms with Crippen LogP contribution in [-0.2, 0) is 14.4 Å². The number of rotatable bonds is 6. The van der Waals surface area contributed by atoms with Gasteiger partial charge in [-0.05, 0) is 56.7 Å². The van der Waals surface area contributed by atoms with E-state index in [0.717, 1.165) is 17.0 Å². The molecule has 2 saturated heterocycles. The van der Waals surface area contributed by atoms with Crippen LogP contribution >= 0.6 is 23.4 Å². The number of hydrogen-bond acceptors (Lipinski definition) is 6. The highest BCUT2D eigenvalue weighted by atomic mass is 35.5. The topological polar surface area (TPSA) is 90.4 Å². The minimum Gasteiger partial charge on any atom is -0.494 e. The van der Waals surface area contributed by atoms with Crippen molar-refractivity contribution in [1.82, 2.24) is 4.90 Å². The highest BCUT2D eigenvalue weighted by Crippen LogP contribution is 2.61. The predicted octanol–water partition coefficient (Wildman–Crippen LogP) is 4.23. The molecule has 10 heteroatoms. The first-order valence-corrected chi connectivity index (χ1v) is 15.5. The average molecular weight is 608 g/mol. The van der Waals surface area contributed by atoms with Crippen molar-refractivity contribution in [3.05, 3.63) is 77.4 Å². The van der Waals surface area contributed by atoms with Crippen LogP contribution in [0.5, 0.6) is 5.75 Å². The molecular weight excluding hydrogens is 574 g/mol. The molecule has 220 valence electrons. The summed E-state index contributed by atoms with van der Waals surface area (Å²) < 4.78 is 4.59. The molecule has 4 aliphatic rings. The number of likely N-dealkylation sites (tertiary alicyclic amines) is 1. The standard InChI is InChI=1S/C32H34ClN3O5S/c1-4-41-22-13-11-21(12-14-22)34-16-6-10-24-25(29(34)38)26-30(39)36(20(3)18-37)28-31(40)35(17-7-15-32(26,28)42-24)27-19(2)8-5-9-23(27)33/h5-15,20,24-26,28,37H,4,16-18H2,1-3H3/t20-,24+,25-,26+,28?,32+/m1/s1. The molecule has 8 nitrogen and oxygen atoms in total.